The predicted octanol–water partition coefficient (Wildman–Crippen LogP) is -0.338. The molecule has 1 aromatic heterocycles. The molecule has 154 valence electrons. The zero-order valence-electron chi connectivity index (χ0n) is 15.1. The lowest BCUT2D eigenvalue weighted by atomic mass is 9.70. The molecule has 3 N–H and O–H groups in total. The minimum absolute atomic E-state index is 0.0190. The van der Waals surface area contributed by atoms with E-state index < -0.39 is 29.8 Å². The molecule has 1 saturated heterocycles. The maximum atomic E-state index is 12.5. The number of aryl methyl sites for hydroxylation is 1. The molecule has 1 aromatic carbocycles. The van der Waals surface area contributed by atoms with Gasteiger partial charge in [0.2, 0.25) is 0 Å². The molecule has 29 heavy (non-hydrogen) atoms. The molecule has 0 spiro atoms. The molecule has 0 bridgehead atoms. The van der Waals surface area contributed by atoms with Crippen LogP contribution in [0.15, 0.2) is 41.6 Å². The van der Waals surface area contributed by atoms with Gasteiger partial charge in [0, 0.05) is 12.1 Å². The Morgan fingerprint density at radius 1 is 1.31 bits per heavy atom. The number of pyridine rings is 1. The van der Waals surface area contributed by atoms with Gasteiger partial charge in [-0.3, -0.25) is 0 Å². The molecular formula is C17H18BN2O8S-. The zero-order chi connectivity index (χ0) is 20.8. The minimum atomic E-state index is -3.12. The Hall–Kier alpha value is -2.67. The summed E-state index contributed by atoms with van der Waals surface area (Å²) in [4.78, 5) is 11.8. The number of fused-ring (bicyclic) bond motifs is 1. The van der Waals surface area contributed by atoms with Crippen molar-refractivity contribution in [3.05, 3.63) is 52.9 Å². The quantitative estimate of drug-likeness (QED) is 0.338. The van der Waals surface area contributed by atoms with Crippen molar-refractivity contribution in [2.45, 2.75) is 23.9 Å². The van der Waals surface area contributed by atoms with Gasteiger partial charge in [0.05, 0.1) is 18.8 Å². The summed E-state index contributed by atoms with van der Waals surface area (Å²) in [6, 6.07) is 7.75. The number of carbonyl (C=O) groups is 1. The number of ether oxygens (including phenoxy) is 1. The predicted molar refractivity (Wildman–Crippen MR) is 101 cm³/mol. The van der Waals surface area contributed by atoms with Gasteiger partial charge in [-0.05, 0) is 24.1 Å². The smallest absolute Gasteiger partial charge is 0.430 e. The summed E-state index contributed by atoms with van der Waals surface area (Å²) < 4.78 is 25.4. The third-order valence-electron chi connectivity index (χ3n) is 4.82. The van der Waals surface area contributed by atoms with Crippen molar-refractivity contribution in [2.24, 2.45) is 0 Å². The van der Waals surface area contributed by atoms with E-state index in [4.69, 9.17) is 9.39 Å². The average molecular weight is 421 g/mol. The largest absolute Gasteiger partial charge is 0.669 e. The summed E-state index contributed by atoms with van der Waals surface area (Å²) in [6.07, 6.45) is 1.07. The molecule has 0 radical (unpaired) electrons. The number of hydrogen-bond acceptors (Lipinski definition) is 7. The second-order valence-electron chi connectivity index (χ2n) is 6.95. The Morgan fingerprint density at radius 3 is 2.76 bits per heavy atom. The van der Waals surface area contributed by atoms with E-state index in [0.29, 0.717) is 10.3 Å². The number of nitrogens with zero attached hydrogens (tertiary/aromatic N) is 2. The molecular weight excluding hydrogens is 403 g/mol. The molecule has 0 amide bonds. The van der Waals surface area contributed by atoms with Gasteiger partial charge in [-0.25, -0.2) is 13.3 Å². The van der Waals surface area contributed by atoms with Crippen LogP contribution in [0, 0.1) is 5.21 Å². The Morgan fingerprint density at radius 2 is 2.07 bits per heavy atom. The van der Waals surface area contributed by atoms with Gasteiger partial charge in [-0.15, -0.1) is 0 Å². The van der Waals surface area contributed by atoms with Crippen LogP contribution in [-0.2, 0) is 17.4 Å². The van der Waals surface area contributed by atoms with Crippen molar-refractivity contribution in [2.75, 3.05) is 13.1 Å². The fraction of sp³-hybridized carbons (Fsp3) is 0.294. The minimum Gasteiger partial charge on any atom is -0.669 e. The number of aromatic carboxylic acids is 1. The Labute approximate surface area is 168 Å². The molecule has 3 heterocycles. The van der Waals surface area contributed by atoms with E-state index in [1.807, 2.05) is 0 Å². The highest BCUT2D eigenvalue weighted by Gasteiger charge is 2.38. The lowest BCUT2D eigenvalue weighted by molar-refractivity contribution is -0.646. The third kappa shape index (κ3) is 3.79. The lowest BCUT2D eigenvalue weighted by Gasteiger charge is -2.39. The number of benzene rings is 1. The molecule has 2 aliphatic rings. The maximum Gasteiger partial charge on any atom is 0.430 e. The first kappa shape index (κ1) is 19.6. The van der Waals surface area contributed by atoms with Crippen LogP contribution in [0.1, 0.15) is 15.9 Å². The summed E-state index contributed by atoms with van der Waals surface area (Å²) in [6.45, 7) is -2.66. The highest BCUT2D eigenvalue weighted by atomic mass is 32.2. The molecule has 2 aromatic rings. The standard InChI is InChI=1S/C17H18BN2O8S/c21-17(22)15-13(5-4-11-6-7-18(23,24)28-16(11)15)27-12-9-19(10-12)29(26)14-3-1-2-8-20(14)25/h1-5,8,12,23-24H,6-7,9-10H2,(H,21,22)/q-1. The van der Waals surface area contributed by atoms with Crippen molar-refractivity contribution in [1.82, 2.24) is 4.31 Å². The molecule has 2 aliphatic heterocycles. The van der Waals surface area contributed by atoms with E-state index in [9.17, 15) is 29.4 Å². The summed E-state index contributed by atoms with van der Waals surface area (Å²) in [5.41, 5.74) is 0.271. The van der Waals surface area contributed by atoms with Crippen molar-refractivity contribution >= 4 is 23.7 Å². The van der Waals surface area contributed by atoms with Crippen LogP contribution in [-0.4, -0.2) is 55.6 Å². The number of hydrogen-bond donors (Lipinski definition) is 3. The second-order valence-corrected chi connectivity index (χ2v) is 8.38. The summed E-state index contributed by atoms with van der Waals surface area (Å²) in [7, 11) is -1.66. The highest BCUT2D eigenvalue weighted by Crippen LogP contribution is 2.39. The van der Waals surface area contributed by atoms with Gasteiger partial charge in [-0.2, -0.15) is 4.73 Å². The van der Waals surface area contributed by atoms with Gasteiger partial charge in [-0.1, -0.05) is 12.4 Å². The number of carboxylic acid groups (broad SMARTS) is 1. The van der Waals surface area contributed by atoms with Crippen LogP contribution in [0.3, 0.4) is 0 Å². The number of rotatable bonds is 5. The van der Waals surface area contributed by atoms with Crippen LogP contribution in [0.2, 0.25) is 6.32 Å². The number of carboxylic acids is 1. The van der Waals surface area contributed by atoms with Gasteiger partial charge in [0.25, 0.3) is 5.03 Å². The van der Waals surface area contributed by atoms with E-state index in [0.717, 1.165) is 0 Å². The van der Waals surface area contributed by atoms with E-state index in [-0.39, 0.29) is 47.9 Å². The van der Waals surface area contributed by atoms with E-state index in [2.05, 4.69) is 0 Å². The van der Waals surface area contributed by atoms with Crippen LogP contribution in [0.25, 0.3) is 0 Å². The van der Waals surface area contributed by atoms with Crippen LogP contribution in [0.4, 0.5) is 0 Å². The van der Waals surface area contributed by atoms with Gasteiger partial charge in [0.15, 0.2) is 17.2 Å². The van der Waals surface area contributed by atoms with Gasteiger partial charge in [0.1, 0.15) is 17.4 Å². The van der Waals surface area contributed by atoms with Crippen LogP contribution >= 0.6 is 0 Å². The SMILES string of the molecule is O=C(O)c1c(OC2CN(S(=O)c3cccc[n+]3[O-])C2)ccc2c1O[B-](O)(O)CC2. The fourth-order valence-electron chi connectivity index (χ4n) is 3.30. The molecule has 1 fully saturated rings. The average Bonchev–Trinajstić information content (AvgIpc) is 2.62. The van der Waals surface area contributed by atoms with E-state index in [1.165, 1.54) is 28.7 Å². The topological polar surface area (TPSA) is 143 Å². The van der Waals surface area contributed by atoms with Crippen molar-refractivity contribution < 1.29 is 38.3 Å². The molecule has 4 rings (SSSR count). The lowest BCUT2D eigenvalue weighted by Crippen LogP contribution is -2.55. The Bertz CT molecular complexity index is 995. The molecule has 1 atom stereocenters. The molecule has 0 aliphatic carbocycles. The first-order valence-corrected chi connectivity index (χ1v) is 10.1. The first-order chi connectivity index (χ1) is 13.7. The maximum absolute atomic E-state index is 12.5. The van der Waals surface area contributed by atoms with Crippen LogP contribution < -0.4 is 14.1 Å². The Kier molecular flexibility index (Phi) is 4.94. The zero-order valence-corrected chi connectivity index (χ0v) is 15.9. The molecule has 12 heteroatoms. The van der Waals surface area contributed by atoms with Crippen molar-refractivity contribution in [1.29, 1.82) is 0 Å². The monoisotopic (exact) mass is 421 g/mol. The van der Waals surface area contributed by atoms with Crippen LogP contribution in [0.5, 0.6) is 11.5 Å². The van der Waals surface area contributed by atoms with Crippen molar-refractivity contribution in [3.8, 4) is 11.5 Å². The third-order valence-corrected chi connectivity index (χ3v) is 6.26. The molecule has 0 saturated carbocycles. The molecule has 10 nitrogen and oxygen atoms in total. The normalized spacial score (nSPS) is 19.5. The number of aromatic nitrogens is 1. The second kappa shape index (κ2) is 7.30. The van der Waals surface area contributed by atoms with E-state index in [1.54, 1.807) is 12.1 Å². The van der Waals surface area contributed by atoms with Gasteiger partial charge < -0.3 is 29.8 Å². The summed E-state index contributed by atoms with van der Waals surface area (Å²) in [5.74, 6) is -1.40. The van der Waals surface area contributed by atoms with Crippen molar-refractivity contribution in [3.63, 3.8) is 0 Å². The first-order valence-electron chi connectivity index (χ1n) is 8.95. The Balaban J connectivity index is 1.49. The highest BCUT2D eigenvalue weighted by molar-refractivity contribution is 7.82. The van der Waals surface area contributed by atoms with Gasteiger partial charge >= 0.3 is 12.7 Å². The fourth-order valence-corrected chi connectivity index (χ4v) is 4.58. The summed E-state index contributed by atoms with van der Waals surface area (Å²) in [5, 5.41) is 41.0. The molecule has 1 unspecified atom stereocenters. The summed E-state index contributed by atoms with van der Waals surface area (Å²) >= 11 is 0. The van der Waals surface area contributed by atoms with E-state index >= 15 is 0 Å².